The number of rotatable bonds is 3. The highest BCUT2D eigenvalue weighted by Gasteiger charge is 2.27. The average molecular weight is 318 g/mol. The van der Waals surface area contributed by atoms with Crippen LogP contribution in [0.1, 0.15) is 17.8 Å². The van der Waals surface area contributed by atoms with Gasteiger partial charge in [0.25, 0.3) is 0 Å². The molecule has 1 aliphatic rings. The number of likely N-dealkylation sites (N-methyl/N-ethyl adjacent to an activating group) is 1. The largest absolute Gasteiger partial charge is 0.326 e. The third-order valence-electron chi connectivity index (χ3n) is 3.31. The van der Waals surface area contributed by atoms with Crippen molar-refractivity contribution in [2.45, 2.75) is 19.0 Å². The van der Waals surface area contributed by atoms with Gasteiger partial charge in [-0.2, -0.15) is 0 Å². The summed E-state index contributed by atoms with van der Waals surface area (Å²) in [4.78, 5) is 6.26. The van der Waals surface area contributed by atoms with Crippen molar-refractivity contribution >= 4 is 27.3 Å². The van der Waals surface area contributed by atoms with E-state index in [1.54, 1.807) is 11.3 Å². The fraction of sp³-hybridized carbons (Fsp3) is 0.667. The maximum absolute atomic E-state index is 6.18. The van der Waals surface area contributed by atoms with Crippen molar-refractivity contribution in [1.29, 1.82) is 0 Å². The number of hydrogen-bond donors (Lipinski definition) is 1. The first kappa shape index (κ1) is 13.5. The van der Waals surface area contributed by atoms with Gasteiger partial charge in [-0.15, -0.1) is 11.3 Å². The van der Waals surface area contributed by atoms with Gasteiger partial charge in [0.05, 0.1) is 9.83 Å². The van der Waals surface area contributed by atoms with Gasteiger partial charge in [0.2, 0.25) is 0 Å². The average Bonchev–Trinajstić information content (AvgIpc) is 2.68. The van der Waals surface area contributed by atoms with Crippen molar-refractivity contribution < 1.29 is 0 Å². The monoisotopic (exact) mass is 317 g/mol. The highest BCUT2D eigenvalue weighted by atomic mass is 79.9. The number of halogens is 1. The van der Waals surface area contributed by atoms with Crippen LogP contribution in [0.3, 0.4) is 0 Å². The Morgan fingerprint density at radius 3 is 2.41 bits per heavy atom. The highest BCUT2D eigenvalue weighted by molar-refractivity contribution is 9.11. The second-order valence-electron chi connectivity index (χ2n) is 4.79. The van der Waals surface area contributed by atoms with Crippen LogP contribution in [0.25, 0.3) is 0 Å². The van der Waals surface area contributed by atoms with Gasteiger partial charge in [-0.1, -0.05) is 0 Å². The molecule has 0 amide bonds. The molecule has 0 radical (unpaired) electrons. The van der Waals surface area contributed by atoms with E-state index < -0.39 is 0 Å². The van der Waals surface area contributed by atoms with E-state index in [0.717, 1.165) is 26.2 Å². The van der Waals surface area contributed by atoms with Crippen molar-refractivity contribution in [3.63, 3.8) is 0 Å². The Labute approximate surface area is 116 Å². The Morgan fingerprint density at radius 1 is 1.29 bits per heavy atom. The molecule has 1 aromatic rings. The summed E-state index contributed by atoms with van der Waals surface area (Å²) in [7, 11) is 2.18. The molecule has 0 aliphatic carbocycles. The van der Waals surface area contributed by atoms with Crippen molar-refractivity contribution in [1.82, 2.24) is 9.80 Å². The molecule has 0 spiro atoms. The molecule has 2 unspecified atom stereocenters. The molecule has 5 heteroatoms. The normalized spacial score (nSPS) is 22.6. The lowest BCUT2D eigenvalue weighted by Gasteiger charge is -2.39. The summed E-state index contributed by atoms with van der Waals surface area (Å²) in [5.41, 5.74) is 6.18. The molecule has 96 valence electrons. The van der Waals surface area contributed by atoms with E-state index in [4.69, 9.17) is 5.73 Å². The minimum Gasteiger partial charge on any atom is -0.326 e. The zero-order chi connectivity index (χ0) is 12.4. The van der Waals surface area contributed by atoms with Crippen LogP contribution >= 0.6 is 27.3 Å². The van der Waals surface area contributed by atoms with E-state index in [0.29, 0.717) is 6.04 Å². The van der Waals surface area contributed by atoms with Crippen LogP contribution in [0, 0.1) is 0 Å². The minimum absolute atomic E-state index is 0.170. The first-order valence-corrected chi connectivity index (χ1v) is 7.62. The summed E-state index contributed by atoms with van der Waals surface area (Å²) in [6.45, 7) is 6.60. The van der Waals surface area contributed by atoms with Gasteiger partial charge in [-0.25, -0.2) is 0 Å². The molecule has 2 atom stereocenters. The molecule has 0 saturated carbocycles. The maximum atomic E-state index is 6.18. The quantitative estimate of drug-likeness (QED) is 0.927. The van der Waals surface area contributed by atoms with Gasteiger partial charge < -0.3 is 10.6 Å². The smallest absolute Gasteiger partial charge is 0.0702 e. The summed E-state index contributed by atoms with van der Waals surface area (Å²) in [5.74, 6) is 0. The van der Waals surface area contributed by atoms with Gasteiger partial charge in [0.15, 0.2) is 0 Å². The standard InChI is InChI=1S/C12H20BrN3S/c1-9(14)12(10-3-4-11(13)17-10)16-7-5-15(2)6-8-16/h3-4,9,12H,5-8,14H2,1-2H3. The Kier molecular flexibility index (Phi) is 4.60. The van der Waals surface area contributed by atoms with Gasteiger partial charge in [-0.05, 0) is 42.0 Å². The van der Waals surface area contributed by atoms with Crippen LogP contribution < -0.4 is 5.73 Å². The molecule has 0 aromatic carbocycles. The zero-order valence-corrected chi connectivity index (χ0v) is 12.8. The SMILES string of the molecule is CC(N)C(c1ccc(Br)s1)N1CCN(C)CC1. The van der Waals surface area contributed by atoms with E-state index in [2.05, 4.69) is 51.8 Å². The van der Waals surface area contributed by atoms with Crippen molar-refractivity contribution in [3.05, 3.63) is 20.8 Å². The lowest BCUT2D eigenvalue weighted by molar-refractivity contribution is 0.102. The van der Waals surface area contributed by atoms with Crippen molar-refractivity contribution in [2.24, 2.45) is 5.73 Å². The molecular formula is C12H20BrN3S. The van der Waals surface area contributed by atoms with Crippen LogP contribution in [0.2, 0.25) is 0 Å². The lowest BCUT2D eigenvalue weighted by Crippen LogP contribution is -2.49. The Bertz CT molecular complexity index is 358. The predicted molar refractivity (Wildman–Crippen MR) is 77.5 cm³/mol. The van der Waals surface area contributed by atoms with Crippen LogP contribution in [0.5, 0.6) is 0 Å². The van der Waals surface area contributed by atoms with E-state index in [1.165, 1.54) is 8.66 Å². The first-order chi connectivity index (χ1) is 8.08. The second kappa shape index (κ2) is 5.80. The van der Waals surface area contributed by atoms with Crippen LogP contribution in [0.4, 0.5) is 0 Å². The second-order valence-corrected chi connectivity index (χ2v) is 7.28. The van der Waals surface area contributed by atoms with Crippen LogP contribution in [-0.2, 0) is 0 Å². The van der Waals surface area contributed by atoms with Gasteiger partial charge in [0.1, 0.15) is 0 Å². The molecule has 2 heterocycles. The molecule has 1 aromatic heterocycles. The zero-order valence-electron chi connectivity index (χ0n) is 10.4. The summed E-state index contributed by atoms with van der Waals surface area (Å²) in [6, 6.07) is 4.84. The number of nitrogens with two attached hydrogens (primary N) is 1. The summed E-state index contributed by atoms with van der Waals surface area (Å²) >= 11 is 5.33. The van der Waals surface area contributed by atoms with Crippen molar-refractivity contribution in [2.75, 3.05) is 33.2 Å². The molecule has 17 heavy (non-hydrogen) atoms. The molecule has 2 rings (SSSR count). The third-order valence-corrected chi connectivity index (χ3v) is 5.01. The molecule has 1 fully saturated rings. The Balaban J connectivity index is 2.12. The molecule has 0 bridgehead atoms. The third kappa shape index (κ3) is 3.29. The fourth-order valence-electron chi connectivity index (χ4n) is 2.36. The number of piperazine rings is 1. The lowest BCUT2D eigenvalue weighted by atomic mass is 10.1. The molecular weight excluding hydrogens is 298 g/mol. The van der Waals surface area contributed by atoms with E-state index >= 15 is 0 Å². The predicted octanol–water partition coefficient (Wildman–Crippen LogP) is 2.15. The number of hydrogen-bond acceptors (Lipinski definition) is 4. The molecule has 1 saturated heterocycles. The minimum atomic E-state index is 0.170. The van der Waals surface area contributed by atoms with Crippen LogP contribution in [-0.4, -0.2) is 49.1 Å². The van der Waals surface area contributed by atoms with E-state index in [-0.39, 0.29) is 6.04 Å². The topological polar surface area (TPSA) is 32.5 Å². The van der Waals surface area contributed by atoms with Crippen LogP contribution in [0.15, 0.2) is 15.9 Å². The highest BCUT2D eigenvalue weighted by Crippen LogP contribution is 2.32. The van der Waals surface area contributed by atoms with Gasteiger partial charge in [-0.3, -0.25) is 4.90 Å². The maximum Gasteiger partial charge on any atom is 0.0702 e. The van der Waals surface area contributed by atoms with E-state index in [9.17, 15) is 0 Å². The fourth-order valence-corrected chi connectivity index (χ4v) is 4.03. The molecule has 3 nitrogen and oxygen atoms in total. The molecule has 1 aliphatic heterocycles. The number of nitrogens with zero attached hydrogens (tertiary/aromatic N) is 2. The van der Waals surface area contributed by atoms with Gasteiger partial charge in [0, 0.05) is 37.1 Å². The Morgan fingerprint density at radius 2 is 1.94 bits per heavy atom. The number of thiophene rings is 1. The van der Waals surface area contributed by atoms with Crippen molar-refractivity contribution in [3.8, 4) is 0 Å². The first-order valence-electron chi connectivity index (χ1n) is 6.01. The Hall–Kier alpha value is 0.0600. The summed E-state index contributed by atoms with van der Waals surface area (Å²) < 4.78 is 1.19. The molecule has 2 N–H and O–H groups in total. The van der Waals surface area contributed by atoms with Gasteiger partial charge >= 0.3 is 0 Å². The summed E-state index contributed by atoms with van der Waals surface area (Å²) in [5, 5.41) is 0. The van der Waals surface area contributed by atoms with E-state index in [1.807, 2.05) is 0 Å². The summed E-state index contributed by atoms with van der Waals surface area (Å²) in [6.07, 6.45) is 0.